The van der Waals surface area contributed by atoms with Gasteiger partial charge in [-0.2, -0.15) is 0 Å². The van der Waals surface area contributed by atoms with Crippen molar-refractivity contribution in [2.24, 2.45) is 0 Å². The molecule has 17 heavy (non-hydrogen) atoms. The topological polar surface area (TPSA) is 60.9 Å². The van der Waals surface area contributed by atoms with Crippen LogP contribution in [0.3, 0.4) is 0 Å². The highest BCUT2D eigenvalue weighted by atomic mass is 16.4. The predicted octanol–water partition coefficient (Wildman–Crippen LogP) is 1.03. The highest BCUT2D eigenvalue weighted by Crippen LogP contribution is 2.25. The fraction of sp³-hybridized carbons (Fsp3) is 0.333. The highest BCUT2D eigenvalue weighted by molar-refractivity contribution is 5.95. The molecule has 1 saturated heterocycles. The van der Waals surface area contributed by atoms with Crippen molar-refractivity contribution in [2.75, 3.05) is 18.1 Å². The molecule has 1 amide bonds. The van der Waals surface area contributed by atoms with E-state index in [4.69, 9.17) is 5.11 Å². The number of nitrogens with zero attached hydrogens (tertiary/aromatic N) is 2. The molecule has 1 aromatic rings. The predicted molar refractivity (Wildman–Crippen MR) is 62.5 cm³/mol. The Balaban J connectivity index is 2.31. The van der Waals surface area contributed by atoms with Gasteiger partial charge in [0.15, 0.2) is 0 Å². The number of para-hydroxylation sites is 1. The van der Waals surface area contributed by atoms with Crippen LogP contribution in [-0.4, -0.2) is 35.1 Å². The van der Waals surface area contributed by atoms with Gasteiger partial charge in [0.1, 0.15) is 6.54 Å². The van der Waals surface area contributed by atoms with Crippen LogP contribution in [0.2, 0.25) is 0 Å². The van der Waals surface area contributed by atoms with Gasteiger partial charge in [0.05, 0.1) is 5.69 Å². The van der Waals surface area contributed by atoms with Crippen LogP contribution in [-0.2, 0) is 9.59 Å². The Labute approximate surface area is 99.2 Å². The number of carboxylic acids is 1. The number of hydrogen-bond donors (Lipinski definition) is 1. The van der Waals surface area contributed by atoms with Gasteiger partial charge in [0, 0.05) is 13.0 Å². The summed E-state index contributed by atoms with van der Waals surface area (Å²) in [6.07, 6.45) is 0.363. The van der Waals surface area contributed by atoms with E-state index in [0.29, 0.717) is 13.0 Å². The number of carbonyl (C=O) groups excluding carboxylic acids is 1. The van der Waals surface area contributed by atoms with Gasteiger partial charge in [-0.05, 0) is 18.6 Å². The van der Waals surface area contributed by atoms with Crippen LogP contribution in [0.25, 0.3) is 0 Å². The van der Waals surface area contributed by atoms with Gasteiger partial charge < -0.3 is 5.11 Å². The third kappa shape index (κ3) is 2.29. The molecule has 1 aromatic carbocycles. The number of benzene rings is 1. The summed E-state index contributed by atoms with van der Waals surface area (Å²) in [4.78, 5) is 22.6. The van der Waals surface area contributed by atoms with Crippen LogP contribution >= 0.6 is 0 Å². The number of hydrazine groups is 1. The van der Waals surface area contributed by atoms with Gasteiger partial charge >= 0.3 is 5.97 Å². The van der Waals surface area contributed by atoms with E-state index in [2.05, 4.69) is 0 Å². The van der Waals surface area contributed by atoms with Gasteiger partial charge in [-0.25, -0.2) is 10.0 Å². The van der Waals surface area contributed by atoms with Crippen LogP contribution in [0.15, 0.2) is 24.3 Å². The van der Waals surface area contributed by atoms with E-state index in [1.54, 1.807) is 5.01 Å². The van der Waals surface area contributed by atoms with E-state index in [1.807, 2.05) is 31.2 Å². The molecule has 1 heterocycles. The van der Waals surface area contributed by atoms with Gasteiger partial charge in [-0.1, -0.05) is 18.2 Å². The van der Waals surface area contributed by atoms with E-state index >= 15 is 0 Å². The molecule has 1 aliphatic rings. The zero-order valence-electron chi connectivity index (χ0n) is 9.59. The largest absolute Gasteiger partial charge is 0.480 e. The molecule has 5 nitrogen and oxygen atoms in total. The number of amides is 1. The van der Waals surface area contributed by atoms with Crippen molar-refractivity contribution in [3.05, 3.63) is 29.8 Å². The summed E-state index contributed by atoms with van der Waals surface area (Å²) < 4.78 is 0. The monoisotopic (exact) mass is 234 g/mol. The van der Waals surface area contributed by atoms with Gasteiger partial charge in [0.2, 0.25) is 5.91 Å². The molecule has 0 spiro atoms. The average Bonchev–Trinajstić information content (AvgIpc) is 2.60. The molecule has 2 rings (SSSR count). The molecule has 1 fully saturated rings. The Morgan fingerprint density at radius 2 is 2.12 bits per heavy atom. The quantitative estimate of drug-likeness (QED) is 0.848. The van der Waals surface area contributed by atoms with Crippen molar-refractivity contribution >= 4 is 17.6 Å². The number of aryl methyl sites for hydroxylation is 1. The summed E-state index contributed by atoms with van der Waals surface area (Å²) in [6.45, 7) is 2.21. The Hall–Kier alpha value is -1.88. The van der Waals surface area contributed by atoms with Crippen molar-refractivity contribution < 1.29 is 14.7 Å². The number of rotatable bonds is 3. The van der Waals surface area contributed by atoms with E-state index in [-0.39, 0.29) is 12.5 Å². The van der Waals surface area contributed by atoms with E-state index < -0.39 is 5.97 Å². The van der Waals surface area contributed by atoms with Crippen molar-refractivity contribution in [3.63, 3.8) is 0 Å². The maximum Gasteiger partial charge on any atom is 0.319 e. The number of carboxylic acid groups (broad SMARTS) is 1. The minimum Gasteiger partial charge on any atom is -0.480 e. The minimum atomic E-state index is -0.932. The van der Waals surface area contributed by atoms with Gasteiger partial charge in [-0.15, -0.1) is 0 Å². The first-order valence-corrected chi connectivity index (χ1v) is 5.45. The van der Waals surface area contributed by atoms with Crippen LogP contribution in [0.1, 0.15) is 12.0 Å². The Morgan fingerprint density at radius 3 is 2.76 bits per heavy atom. The second-order valence-corrected chi connectivity index (χ2v) is 4.02. The molecule has 0 aromatic heterocycles. The fourth-order valence-corrected chi connectivity index (χ4v) is 1.98. The molecule has 0 bridgehead atoms. The molecule has 1 aliphatic heterocycles. The lowest BCUT2D eigenvalue weighted by molar-refractivity contribution is -0.138. The molecule has 0 aliphatic carbocycles. The van der Waals surface area contributed by atoms with Crippen molar-refractivity contribution in [1.82, 2.24) is 5.01 Å². The number of anilines is 1. The first kappa shape index (κ1) is 11.6. The normalized spacial score (nSPS) is 16.5. The number of hydrogen-bond acceptors (Lipinski definition) is 3. The molecule has 5 heteroatoms. The molecule has 90 valence electrons. The summed E-state index contributed by atoms with van der Waals surface area (Å²) >= 11 is 0. The zero-order chi connectivity index (χ0) is 12.4. The molecule has 1 N–H and O–H groups in total. The smallest absolute Gasteiger partial charge is 0.319 e. The standard InChI is InChI=1S/C12H14N2O3/c1-9-4-2-3-5-10(9)14-11(15)6-7-13(14)8-12(16)17/h2-5H,6-8H2,1H3,(H,16,17). The van der Waals surface area contributed by atoms with E-state index in [1.165, 1.54) is 5.01 Å². The number of aliphatic carboxylic acids is 1. The second kappa shape index (κ2) is 4.55. The summed E-state index contributed by atoms with van der Waals surface area (Å²) in [5.41, 5.74) is 1.72. The molecular weight excluding hydrogens is 220 g/mol. The second-order valence-electron chi connectivity index (χ2n) is 4.02. The van der Waals surface area contributed by atoms with Gasteiger partial charge in [0.25, 0.3) is 0 Å². The summed E-state index contributed by atoms with van der Waals surface area (Å²) in [6, 6.07) is 7.46. The van der Waals surface area contributed by atoms with Crippen molar-refractivity contribution in [2.45, 2.75) is 13.3 Å². The maximum absolute atomic E-state index is 11.8. The Bertz CT molecular complexity index is 459. The van der Waals surface area contributed by atoms with E-state index in [0.717, 1.165) is 11.3 Å². The zero-order valence-corrected chi connectivity index (χ0v) is 9.59. The maximum atomic E-state index is 11.8. The molecule has 0 unspecified atom stereocenters. The first-order valence-electron chi connectivity index (χ1n) is 5.45. The first-order chi connectivity index (χ1) is 8.09. The minimum absolute atomic E-state index is 0.0550. The summed E-state index contributed by atoms with van der Waals surface area (Å²) in [5, 5.41) is 11.9. The van der Waals surface area contributed by atoms with Crippen molar-refractivity contribution in [3.8, 4) is 0 Å². The van der Waals surface area contributed by atoms with Crippen LogP contribution < -0.4 is 5.01 Å². The average molecular weight is 234 g/mol. The highest BCUT2D eigenvalue weighted by Gasteiger charge is 2.32. The van der Waals surface area contributed by atoms with E-state index in [9.17, 15) is 9.59 Å². The molecule has 0 saturated carbocycles. The third-order valence-electron chi connectivity index (χ3n) is 2.76. The Kier molecular flexibility index (Phi) is 3.10. The fourth-order valence-electron chi connectivity index (χ4n) is 1.98. The molecule has 0 atom stereocenters. The van der Waals surface area contributed by atoms with Crippen molar-refractivity contribution in [1.29, 1.82) is 0 Å². The Morgan fingerprint density at radius 1 is 1.41 bits per heavy atom. The lowest BCUT2D eigenvalue weighted by Gasteiger charge is -2.27. The van der Waals surface area contributed by atoms with Crippen LogP contribution in [0.5, 0.6) is 0 Å². The summed E-state index contributed by atoms with van der Waals surface area (Å²) in [7, 11) is 0. The molecular formula is C12H14N2O3. The lowest BCUT2D eigenvalue weighted by Crippen LogP contribution is -2.42. The van der Waals surface area contributed by atoms with Crippen LogP contribution in [0, 0.1) is 6.92 Å². The van der Waals surface area contributed by atoms with Gasteiger partial charge in [-0.3, -0.25) is 9.59 Å². The van der Waals surface area contributed by atoms with Crippen LogP contribution in [0.4, 0.5) is 5.69 Å². The lowest BCUT2D eigenvalue weighted by atomic mass is 10.2. The SMILES string of the molecule is Cc1ccccc1N1C(=O)CCN1CC(=O)O. The third-order valence-corrected chi connectivity index (χ3v) is 2.76. The number of carbonyl (C=O) groups is 2. The summed E-state index contributed by atoms with van der Waals surface area (Å²) in [5.74, 6) is -0.987. The molecule has 0 radical (unpaired) electrons.